The second kappa shape index (κ2) is 4.61. The summed E-state index contributed by atoms with van der Waals surface area (Å²) in [6, 6.07) is 1.82. The molecule has 0 amide bonds. The lowest BCUT2D eigenvalue weighted by molar-refractivity contribution is -0.0850. The Morgan fingerprint density at radius 3 is 2.75 bits per heavy atom. The highest BCUT2D eigenvalue weighted by atomic mass is 32.1. The number of H-pyrrole nitrogens is 1. The summed E-state index contributed by atoms with van der Waals surface area (Å²) >= 11 is 5.15. The lowest BCUT2D eigenvalue weighted by Crippen LogP contribution is -2.38. The molecule has 0 unspecified atom stereocenters. The Morgan fingerprint density at radius 1 is 1.50 bits per heavy atom. The lowest BCUT2D eigenvalue weighted by Gasteiger charge is -2.39. The largest absolute Gasteiger partial charge is 0.378 e. The first-order valence-corrected chi connectivity index (χ1v) is 5.76. The predicted molar refractivity (Wildman–Crippen MR) is 62.7 cm³/mol. The van der Waals surface area contributed by atoms with E-state index < -0.39 is 0 Å². The van der Waals surface area contributed by atoms with E-state index >= 15 is 0 Å². The van der Waals surface area contributed by atoms with E-state index in [0.717, 1.165) is 24.4 Å². The van der Waals surface area contributed by atoms with Crippen LogP contribution in [0.2, 0.25) is 0 Å². The van der Waals surface area contributed by atoms with E-state index in [9.17, 15) is 0 Å². The van der Waals surface area contributed by atoms with Crippen LogP contribution in [0.3, 0.4) is 0 Å². The van der Waals surface area contributed by atoms with Crippen LogP contribution in [-0.4, -0.2) is 24.2 Å². The molecule has 4 nitrogen and oxygen atoms in total. The zero-order valence-electron chi connectivity index (χ0n) is 9.58. The number of hydrogen-bond donors (Lipinski definition) is 1. The van der Waals surface area contributed by atoms with Crippen LogP contribution in [0, 0.1) is 4.64 Å². The van der Waals surface area contributed by atoms with E-state index in [4.69, 9.17) is 21.7 Å². The van der Waals surface area contributed by atoms with E-state index in [2.05, 4.69) is 9.97 Å². The van der Waals surface area contributed by atoms with Crippen molar-refractivity contribution in [1.82, 2.24) is 9.97 Å². The molecule has 1 fully saturated rings. The number of ether oxygens (including phenoxy) is 2. The Bertz CT molecular complexity index is 421. The Labute approximate surface area is 100 Å². The van der Waals surface area contributed by atoms with Crippen molar-refractivity contribution >= 4 is 12.2 Å². The second-order valence-corrected chi connectivity index (χ2v) is 4.50. The summed E-state index contributed by atoms with van der Waals surface area (Å²) in [5.74, 6) is 0.834. The molecule has 0 spiro atoms. The van der Waals surface area contributed by atoms with Crippen molar-refractivity contribution in [2.24, 2.45) is 0 Å². The van der Waals surface area contributed by atoms with Gasteiger partial charge < -0.3 is 14.5 Å². The normalized spacial score (nSPS) is 18.1. The number of nitrogens with one attached hydrogen (secondary N) is 1. The fraction of sp³-hybridized carbons (Fsp3) is 0.636. The highest BCUT2D eigenvalue weighted by molar-refractivity contribution is 7.71. The molecule has 1 saturated carbocycles. The van der Waals surface area contributed by atoms with Gasteiger partial charge in [-0.1, -0.05) is 12.2 Å². The zero-order chi connectivity index (χ0) is 11.6. The minimum atomic E-state index is -0.253. The van der Waals surface area contributed by atoms with Crippen molar-refractivity contribution in [2.75, 3.05) is 14.2 Å². The van der Waals surface area contributed by atoms with Gasteiger partial charge in [0, 0.05) is 19.9 Å². The van der Waals surface area contributed by atoms with Crippen LogP contribution in [0.1, 0.15) is 30.8 Å². The Balaban J connectivity index is 2.36. The summed E-state index contributed by atoms with van der Waals surface area (Å²) in [5, 5.41) is 0. The molecule has 1 heterocycles. The highest BCUT2D eigenvalue weighted by Gasteiger charge is 2.41. The second-order valence-electron chi connectivity index (χ2n) is 4.08. The van der Waals surface area contributed by atoms with Gasteiger partial charge in [0.15, 0.2) is 0 Å². The summed E-state index contributed by atoms with van der Waals surface area (Å²) in [4.78, 5) is 7.61. The standard InChI is InChI=1S/C11H16N2O2S/c1-14-7-8-6-9(16)13-10(12-8)11(15-2)4-3-5-11/h6H,3-5,7H2,1-2H3,(H,12,13,16). The van der Waals surface area contributed by atoms with E-state index in [1.165, 1.54) is 6.42 Å². The summed E-state index contributed by atoms with van der Waals surface area (Å²) < 4.78 is 11.2. The topological polar surface area (TPSA) is 47.1 Å². The third-order valence-electron chi connectivity index (χ3n) is 3.08. The van der Waals surface area contributed by atoms with Crippen molar-refractivity contribution in [3.05, 3.63) is 22.2 Å². The molecule has 0 bridgehead atoms. The monoisotopic (exact) mass is 240 g/mol. The molecule has 1 aliphatic rings. The average Bonchev–Trinajstić information content (AvgIpc) is 2.16. The number of hydrogen-bond acceptors (Lipinski definition) is 4. The first kappa shape index (κ1) is 11.7. The van der Waals surface area contributed by atoms with Crippen molar-refractivity contribution in [1.29, 1.82) is 0 Å². The predicted octanol–water partition coefficient (Wildman–Crippen LogP) is 2.31. The van der Waals surface area contributed by atoms with Crippen LogP contribution in [0.25, 0.3) is 0 Å². The van der Waals surface area contributed by atoms with Gasteiger partial charge in [-0.25, -0.2) is 4.98 Å². The van der Waals surface area contributed by atoms with E-state index in [-0.39, 0.29) is 5.60 Å². The van der Waals surface area contributed by atoms with Gasteiger partial charge in [0.2, 0.25) is 0 Å². The number of nitrogens with zero attached hydrogens (tertiary/aromatic N) is 1. The molecular formula is C11H16N2O2S. The molecule has 5 heteroatoms. The lowest BCUT2D eigenvalue weighted by atomic mass is 9.79. The number of aromatic amines is 1. The minimum Gasteiger partial charge on any atom is -0.378 e. The number of aromatic nitrogens is 2. The maximum atomic E-state index is 5.57. The van der Waals surface area contributed by atoms with Crippen molar-refractivity contribution < 1.29 is 9.47 Å². The Hall–Kier alpha value is -0.780. The van der Waals surface area contributed by atoms with Crippen molar-refractivity contribution in [3.8, 4) is 0 Å². The molecule has 0 saturated heterocycles. The quantitative estimate of drug-likeness (QED) is 0.820. The van der Waals surface area contributed by atoms with Crippen LogP contribution >= 0.6 is 12.2 Å². The van der Waals surface area contributed by atoms with Crippen LogP contribution in [0.5, 0.6) is 0 Å². The first-order chi connectivity index (χ1) is 7.70. The molecule has 1 aromatic heterocycles. The summed E-state index contributed by atoms with van der Waals surface area (Å²) in [6.45, 7) is 0.513. The van der Waals surface area contributed by atoms with Gasteiger partial charge in [-0.05, 0) is 25.3 Å². The fourth-order valence-corrected chi connectivity index (χ4v) is 2.23. The Kier molecular flexibility index (Phi) is 3.37. The third-order valence-corrected chi connectivity index (χ3v) is 3.29. The number of methoxy groups -OCH3 is 2. The van der Waals surface area contributed by atoms with Gasteiger partial charge >= 0.3 is 0 Å². The SMILES string of the molecule is COCc1cc(=S)nc(C2(OC)CCC2)[nH]1. The van der Waals surface area contributed by atoms with E-state index in [1.807, 2.05) is 6.07 Å². The molecular weight excluding hydrogens is 224 g/mol. The van der Waals surface area contributed by atoms with Crippen molar-refractivity contribution in [2.45, 2.75) is 31.5 Å². The van der Waals surface area contributed by atoms with Gasteiger partial charge in [-0.3, -0.25) is 0 Å². The maximum Gasteiger partial charge on any atom is 0.140 e. The van der Waals surface area contributed by atoms with Gasteiger partial charge in [0.1, 0.15) is 16.1 Å². The van der Waals surface area contributed by atoms with E-state index in [1.54, 1.807) is 14.2 Å². The van der Waals surface area contributed by atoms with E-state index in [0.29, 0.717) is 11.2 Å². The molecule has 2 rings (SSSR count). The van der Waals surface area contributed by atoms with Crippen molar-refractivity contribution in [3.63, 3.8) is 0 Å². The maximum absolute atomic E-state index is 5.57. The van der Waals surface area contributed by atoms with Gasteiger partial charge in [-0.2, -0.15) is 0 Å². The molecule has 1 aromatic rings. The highest BCUT2D eigenvalue weighted by Crippen LogP contribution is 2.42. The fourth-order valence-electron chi connectivity index (χ4n) is 1.99. The van der Waals surface area contributed by atoms with Gasteiger partial charge in [-0.15, -0.1) is 0 Å². The van der Waals surface area contributed by atoms with Gasteiger partial charge in [0.05, 0.1) is 6.61 Å². The Morgan fingerprint density at radius 2 is 2.25 bits per heavy atom. The molecule has 0 aliphatic heterocycles. The third kappa shape index (κ3) is 2.03. The molecule has 16 heavy (non-hydrogen) atoms. The summed E-state index contributed by atoms with van der Waals surface area (Å²) in [7, 11) is 3.38. The van der Waals surface area contributed by atoms with Gasteiger partial charge in [0.25, 0.3) is 0 Å². The van der Waals surface area contributed by atoms with Crippen LogP contribution in [0.4, 0.5) is 0 Å². The first-order valence-electron chi connectivity index (χ1n) is 5.35. The van der Waals surface area contributed by atoms with Crippen LogP contribution in [-0.2, 0) is 21.7 Å². The minimum absolute atomic E-state index is 0.253. The smallest absolute Gasteiger partial charge is 0.140 e. The van der Waals surface area contributed by atoms with Crippen LogP contribution < -0.4 is 0 Å². The molecule has 0 radical (unpaired) electrons. The molecule has 0 aromatic carbocycles. The summed E-state index contributed by atoms with van der Waals surface area (Å²) in [5.41, 5.74) is 0.693. The molecule has 1 N–H and O–H groups in total. The summed E-state index contributed by atoms with van der Waals surface area (Å²) in [6.07, 6.45) is 3.17. The zero-order valence-corrected chi connectivity index (χ0v) is 10.4. The number of rotatable bonds is 4. The molecule has 1 aliphatic carbocycles. The molecule has 88 valence electrons. The molecule has 0 atom stereocenters. The average molecular weight is 240 g/mol. The van der Waals surface area contributed by atoms with Crippen LogP contribution in [0.15, 0.2) is 6.07 Å².